The van der Waals surface area contributed by atoms with Crippen LogP contribution in [0.2, 0.25) is 5.02 Å². The van der Waals surface area contributed by atoms with Crippen LogP contribution in [0.1, 0.15) is 35.5 Å². The number of rotatable bonds is 7. The third kappa shape index (κ3) is 5.22. The van der Waals surface area contributed by atoms with Gasteiger partial charge in [-0.2, -0.15) is 17.9 Å². The van der Waals surface area contributed by atoms with Crippen LogP contribution >= 0.6 is 11.6 Å². The Morgan fingerprint density at radius 2 is 2.03 bits per heavy atom. The van der Waals surface area contributed by atoms with E-state index in [9.17, 15) is 18.0 Å². The molecule has 8 nitrogen and oxygen atoms in total. The summed E-state index contributed by atoms with van der Waals surface area (Å²) in [6.07, 6.45) is -0.344. The van der Waals surface area contributed by atoms with Crippen molar-refractivity contribution in [2.75, 3.05) is 0 Å². The molecule has 0 bridgehead atoms. The Bertz CT molecular complexity index is 1100. The van der Waals surface area contributed by atoms with Gasteiger partial charge in [0, 0.05) is 24.4 Å². The first-order chi connectivity index (χ1) is 15.2. The Kier molecular flexibility index (Phi) is 7.08. The highest BCUT2D eigenvalue weighted by Gasteiger charge is 2.34. The fourth-order valence-corrected chi connectivity index (χ4v) is 3.17. The highest BCUT2D eigenvalue weighted by atomic mass is 35.5. The molecule has 0 saturated carbocycles. The number of nitrogens with zero attached hydrogens (tertiary/aromatic N) is 5. The third-order valence-corrected chi connectivity index (χ3v) is 4.81. The molecule has 0 aliphatic heterocycles. The largest absolute Gasteiger partial charge is 0.445 e. The number of hydrogen-bond acceptors (Lipinski definition) is 6. The molecule has 0 saturated heterocycles. The summed E-state index contributed by atoms with van der Waals surface area (Å²) in [6, 6.07) is 4.42. The molecule has 0 radical (unpaired) electrons. The SMILES string of the molecule is C=CCc1c(C(C)NC(=O)OCc2cccc(C(F)(F)F)c2Cl)nnn1-c1ncccn1. The number of aromatic nitrogens is 5. The van der Waals surface area contributed by atoms with Gasteiger partial charge in [0.15, 0.2) is 0 Å². The highest BCUT2D eigenvalue weighted by molar-refractivity contribution is 6.32. The standard InChI is InChI=1S/C20H18ClF3N6O2/c1-3-6-15-17(28-29-30(15)18-25-9-5-10-26-18)12(2)27-19(31)32-11-13-7-4-8-14(16(13)21)20(22,23)24/h3-5,7-10,12H,1,6,11H2,2H3,(H,27,31). The van der Waals surface area contributed by atoms with E-state index >= 15 is 0 Å². The number of alkyl carbamates (subject to hydrolysis) is 1. The maximum absolute atomic E-state index is 13.0. The zero-order chi connectivity index (χ0) is 23.3. The first-order valence-corrected chi connectivity index (χ1v) is 9.70. The number of allylic oxidation sites excluding steroid dienone is 1. The van der Waals surface area contributed by atoms with Crippen molar-refractivity contribution in [1.82, 2.24) is 30.3 Å². The van der Waals surface area contributed by atoms with E-state index in [4.69, 9.17) is 16.3 Å². The Balaban J connectivity index is 1.70. The summed E-state index contributed by atoms with van der Waals surface area (Å²) >= 11 is 5.82. The Morgan fingerprint density at radius 1 is 1.31 bits per heavy atom. The van der Waals surface area contributed by atoms with Gasteiger partial charge in [0.2, 0.25) is 0 Å². The van der Waals surface area contributed by atoms with Gasteiger partial charge in [-0.25, -0.2) is 14.8 Å². The second kappa shape index (κ2) is 9.77. The Hall–Kier alpha value is -3.47. The molecule has 0 spiro atoms. The molecule has 1 unspecified atom stereocenters. The van der Waals surface area contributed by atoms with Crippen molar-refractivity contribution in [3.8, 4) is 5.95 Å². The number of alkyl halides is 3. The fraction of sp³-hybridized carbons (Fsp3) is 0.250. The summed E-state index contributed by atoms with van der Waals surface area (Å²) in [7, 11) is 0. The van der Waals surface area contributed by atoms with Gasteiger partial charge in [0.25, 0.3) is 5.95 Å². The number of carbonyl (C=O) groups is 1. The molecular formula is C20H18ClF3N6O2. The van der Waals surface area contributed by atoms with Crippen molar-refractivity contribution in [1.29, 1.82) is 0 Å². The van der Waals surface area contributed by atoms with E-state index < -0.39 is 35.5 Å². The van der Waals surface area contributed by atoms with Crippen LogP contribution in [0, 0.1) is 0 Å². The molecule has 2 heterocycles. The maximum atomic E-state index is 13.0. The van der Waals surface area contributed by atoms with Gasteiger partial charge in [-0.1, -0.05) is 35.0 Å². The average Bonchev–Trinajstić information content (AvgIpc) is 3.17. The lowest BCUT2D eigenvalue weighted by Crippen LogP contribution is -2.28. The van der Waals surface area contributed by atoms with Crippen LogP contribution in [0.4, 0.5) is 18.0 Å². The first kappa shape index (κ1) is 23.2. The van der Waals surface area contributed by atoms with Crippen LogP contribution in [0.3, 0.4) is 0 Å². The number of amides is 1. The summed E-state index contributed by atoms with van der Waals surface area (Å²) < 4.78 is 45.4. The van der Waals surface area contributed by atoms with Crippen molar-refractivity contribution in [3.05, 3.63) is 76.9 Å². The van der Waals surface area contributed by atoms with E-state index in [0.717, 1.165) is 6.07 Å². The average molecular weight is 467 g/mol. The van der Waals surface area contributed by atoms with Crippen LogP contribution in [0.25, 0.3) is 5.95 Å². The van der Waals surface area contributed by atoms with Crippen molar-refractivity contribution < 1.29 is 22.7 Å². The monoisotopic (exact) mass is 466 g/mol. The highest BCUT2D eigenvalue weighted by Crippen LogP contribution is 2.36. The zero-order valence-electron chi connectivity index (χ0n) is 16.8. The van der Waals surface area contributed by atoms with Crippen LogP contribution in [-0.4, -0.2) is 31.1 Å². The molecular weight excluding hydrogens is 449 g/mol. The predicted molar refractivity (Wildman–Crippen MR) is 109 cm³/mol. The molecule has 1 amide bonds. The van der Waals surface area contributed by atoms with Crippen molar-refractivity contribution in [2.24, 2.45) is 0 Å². The van der Waals surface area contributed by atoms with Gasteiger partial charge in [-0.3, -0.25) is 0 Å². The van der Waals surface area contributed by atoms with Crippen LogP contribution in [-0.2, 0) is 23.9 Å². The van der Waals surface area contributed by atoms with Gasteiger partial charge < -0.3 is 10.1 Å². The molecule has 0 aliphatic rings. The Labute approximate surface area is 186 Å². The minimum Gasteiger partial charge on any atom is -0.445 e. The molecule has 0 fully saturated rings. The molecule has 32 heavy (non-hydrogen) atoms. The lowest BCUT2D eigenvalue weighted by molar-refractivity contribution is -0.137. The van der Waals surface area contributed by atoms with Gasteiger partial charge in [-0.15, -0.1) is 11.7 Å². The second-order valence-electron chi connectivity index (χ2n) is 6.59. The van der Waals surface area contributed by atoms with E-state index in [0.29, 0.717) is 23.8 Å². The van der Waals surface area contributed by atoms with Crippen molar-refractivity contribution in [2.45, 2.75) is 32.2 Å². The molecule has 1 aromatic carbocycles. The van der Waals surface area contributed by atoms with Crippen LogP contribution < -0.4 is 5.32 Å². The summed E-state index contributed by atoms with van der Waals surface area (Å²) in [5, 5.41) is 10.2. The van der Waals surface area contributed by atoms with E-state index in [2.05, 4.69) is 32.2 Å². The van der Waals surface area contributed by atoms with Crippen molar-refractivity contribution >= 4 is 17.7 Å². The second-order valence-corrected chi connectivity index (χ2v) is 6.97. The van der Waals surface area contributed by atoms with Gasteiger partial charge >= 0.3 is 12.3 Å². The molecule has 1 atom stereocenters. The predicted octanol–water partition coefficient (Wildman–Crippen LogP) is 4.45. The number of hydrogen-bond donors (Lipinski definition) is 1. The molecule has 0 aliphatic carbocycles. The third-order valence-electron chi connectivity index (χ3n) is 4.36. The number of halogens is 4. The van der Waals surface area contributed by atoms with Crippen molar-refractivity contribution in [3.63, 3.8) is 0 Å². The van der Waals surface area contributed by atoms with E-state index in [1.54, 1.807) is 31.5 Å². The van der Waals surface area contributed by atoms with Crippen LogP contribution in [0.15, 0.2) is 49.3 Å². The maximum Gasteiger partial charge on any atom is 0.417 e. The minimum absolute atomic E-state index is 0.0313. The molecule has 3 aromatic rings. The smallest absolute Gasteiger partial charge is 0.417 e. The number of ether oxygens (including phenoxy) is 1. The van der Waals surface area contributed by atoms with Gasteiger partial charge in [-0.05, 0) is 19.1 Å². The topological polar surface area (TPSA) is 94.8 Å². The van der Waals surface area contributed by atoms with E-state index in [1.165, 1.54) is 16.8 Å². The number of benzene rings is 1. The normalized spacial score (nSPS) is 12.3. The molecule has 3 rings (SSSR count). The molecule has 168 valence electrons. The molecule has 12 heteroatoms. The summed E-state index contributed by atoms with van der Waals surface area (Å²) in [5.41, 5.74) is 0.0815. The number of nitrogens with one attached hydrogen (secondary N) is 1. The minimum atomic E-state index is -4.61. The summed E-state index contributed by atoms with van der Waals surface area (Å²) in [5.74, 6) is 0.303. The van der Waals surface area contributed by atoms with E-state index in [1.807, 2.05) is 0 Å². The quantitative estimate of drug-likeness (QED) is 0.517. The first-order valence-electron chi connectivity index (χ1n) is 9.33. The van der Waals surface area contributed by atoms with E-state index in [-0.39, 0.29) is 5.56 Å². The van der Waals surface area contributed by atoms with Crippen LogP contribution in [0.5, 0.6) is 0 Å². The summed E-state index contributed by atoms with van der Waals surface area (Å²) in [4.78, 5) is 20.5. The van der Waals surface area contributed by atoms with Gasteiger partial charge in [0.05, 0.1) is 22.3 Å². The van der Waals surface area contributed by atoms with Gasteiger partial charge in [0.1, 0.15) is 12.3 Å². The molecule has 1 N–H and O–H groups in total. The summed E-state index contributed by atoms with van der Waals surface area (Å²) in [6.45, 7) is 4.93. The number of carbonyl (C=O) groups excluding carboxylic acids is 1. The lowest BCUT2D eigenvalue weighted by atomic mass is 10.1. The lowest BCUT2D eigenvalue weighted by Gasteiger charge is -2.15. The zero-order valence-corrected chi connectivity index (χ0v) is 17.6. The fourth-order valence-electron chi connectivity index (χ4n) is 2.88. The molecule has 2 aromatic heterocycles. The Morgan fingerprint density at radius 3 is 2.69 bits per heavy atom.